The van der Waals surface area contributed by atoms with Crippen LogP contribution in [0.15, 0.2) is 29.4 Å². The number of anilines is 1. The second-order valence-electron chi connectivity index (χ2n) is 4.83. The van der Waals surface area contributed by atoms with Crippen molar-refractivity contribution < 1.29 is 31.5 Å². The highest BCUT2D eigenvalue weighted by Crippen LogP contribution is 2.23. The predicted molar refractivity (Wildman–Crippen MR) is 77.1 cm³/mol. The standard InChI is InChI=1S/C13H12F3N3O4S/c1-7-10(14)2-8(13(20)21)3-11(7)24(22,23)18-9-4-17-19(5-9)6-12(15)16/h2-5,12,18H,6H2,1H3,(H,20,21). The van der Waals surface area contributed by atoms with Crippen LogP contribution in [0.2, 0.25) is 0 Å². The van der Waals surface area contributed by atoms with E-state index in [4.69, 9.17) is 5.11 Å². The zero-order valence-electron chi connectivity index (χ0n) is 12.2. The zero-order valence-corrected chi connectivity index (χ0v) is 13.0. The van der Waals surface area contributed by atoms with E-state index in [1.165, 1.54) is 6.92 Å². The van der Waals surface area contributed by atoms with Gasteiger partial charge in [0.15, 0.2) is 0 Å². The maximum atomic E-state index is 13.8. The lowest BCUT2D eigenvalue weighted by atomic mass is 10.1. The van der Waals surface area contributed by atoms with Crippen molar-refractivity contribution in [2.45, 2.75) is 24.8 Å². The van der Waals surface area contributed by atoms with Crippen LogP contribution in [0.25, 0.3) is 0 Å². The summed E-state index contributed by atoms with van der Waals surface area (Å²) in [4.78, 5) is 10.4. The first-order valence-corrected chi connectivity index (χ1v) is 7.95. The lowest BCUT2D eigenvalue weighted by Crippen LogP contribution is -2.16. The third-order valence-corrected chi connectivity index (χ3v) is 4.55. The van der Waals surface area contributed by atoms with Crippen LogP contribution < -0.4 is 4.72 Å². The van der Waals surface area contributed by atoms with Gasteiger partial charge in [-0.3, -0.25) is 9.40 Å². The molecule has 0 aliphatic rings. The minimum absolute atomic E-state index is 0.115. The normalized spacial score (nSPS) is 11.7. The Morgan fingerprint density at radius 1 is 1.42 bits per heavy atom. The van der Waals surface area contributed by atoms with E-state index in [1.54, 1.807) is 0 Å². The highest BCUT2D eigenvalue weighted by molar-refractivity contribution is 7.92. The van der Waals surface area contributed by atoms with Crippen LogP contribution in [0.4, 0.5) is 18.9 Å². The molecule has 0 bridgehead atoms. The van der Waals surface area contributed by atoms with Crippen molar-refractivity contribution in [3.8, 4) is 0 Å². The van der Waals surface area contributed by atoms with Gasteiger partial charge in [0.05, 0.1) is 22.3 Å². The summed E-state index contributed by atoms with van der Waals surface area (Å²) in [5, 5.41) is 12.5. The van der Waals surface area contributed by atoms with Crippen molar-refractivity contribution in [3.63, 3.8) is 0 Å². The van der Waals surface area contributed by atoms with Gasteiger partial charge in [0.2, 0.25) is 0 Å². The molecule has 1 heterocycles. The van der Waals surface area contributed by atoms with Crippen LogP contribution >= 0.6 is 0 Å². The topological polar surface area (TPSA) is 101 Å². The fourth-order valence-electron chi connectivity index (χ4n) is 1.92. The lowest BCUT2D eigenvalue weighted by molar-refractivity contribution is 0.0696. The molecule has 0 saturated carbocycles. The van der Waals surface area contributed by atoms with Gasteiger partial charge in [-0.1, -0.05) is 0 Å². The van der Waals surface area contributed by atoms with Crippen LogP contribution in [0.5, 0.6) is 0 Å². The number of hydrogen-bond donors (Lipinski definition) is 2. The van der Waals surface area contributed by atoms with E-state index < -0.39 is 45.2 Å². The Hall–Kier alpha value is -2.56. The van der Waals surface area contributed by atoms with Gasteiger partial charge in [-0.05, 0) is 19.1 Å². The first-order chi connectivity index (χ1) is 11.1. The monoisotopic (exact) mass is 363 g/mol. The Morgan fingerprint density at radius 2 is 2.08 bits per heavy atom. The number of nitrogens with zero attached hydrogens (tertiary/aromatic N) is 2. The number of aromatic carboxylic acids is 1. The Morgan fingerprint density at radius 3 is 2.67 bits per heavy atom. The number of sulfonamides is 1. The highest BCUT2D eigenvalue weighted by atomic mass is 32.2. The fraction of sp³-hybridized carbons (Fsp3) is 0.231. The Kier molecular flexibility index (Phi) is 4.83. The molecule has 0 spiro atoms. The number of rotatable bonds is 6. The number of benzene rings is 1. The van der Waals surface area contributed by atoms with Gasteiger partial charge in [-0.2, -0.15) is 5.10 Å². The fourth-order valence-corrected chi connectivity index (χ4v) is 3.23. The largest absolute Gasteiger partial charge is 0.478 e. The number of alkyl halides is 2. The molecule has 1 aromatic heterocycles. The van der Waals surface area contributed by atoms with Crippen molar-refractivity contribution in [1.29, 1.82) is 0 Å². The lowest BCUT2D eigenvalue weighted by Gasteiger charge is -2.10. The Balaban J connectivity index is 2.37. The molecule has 2 N–H and O–H groups in total. The van der Waals surface area contributed by atoms with Crippen molar-refractivity contribution >= 4 is 21.7 Å². The Bertz CT molecular complexity index is 881. The molecule has 2 rings (SSSR count). The number of nitrogens with one attached hydrogen (secondary N) is 1. The molecule has 0 unspecified atom stereocenters. The average Bonchev–Trinajstić information content (AvgIpc) is 2.86. The number of aromatic nitrogens is 2. The third kappa shape index (κ3) is 3.85. The van der Waals surface area contributed by atoms with Gasteiger partial charge < -0.3 is 5.11 Å². The molecule has 0 aliphatic carbocycles. The van der Waals surface area contributed by atoms with Crippen LogP contribution in [0.1, 0.15) is 15.9 Å². The molecule has 11 heteroatoms. The quantitative estimate of drug-likeness (QED) is 0.818. The smallest absolute Gasteiger partial charge is 0.335 e. The second-order valence-corrected chi connectivity index (χ2v) is 6.48. The van der Waals surface area contributed by atoms with Gasteiger partial charge in [0.1, 0.15) is 12.4 Å². The maximum Gasteiger partial charge on any atom is 0.335 e. The van der Waals surface area contributed by atoms with Gasteiger partial charge in [-0.25, -0.2) is 26.4 Å². The molecule has 2 aromatic rings. The molecular formula is C13H12F3N3O4S. The summed E-state index contributed by atoms with van der Waals surface area (Å²) in [6.07, 6.45) is -0.624. The summed E-state index contributed by atoms with van der Waals surface area (Å²) in [6, 6.07) is 1.52. The predicted octanol–water partition coefficient (Wildman–Crippen LogP) is 2.09. The van der Waals surface area contributed by atoms with E-state index in [1.807, 2.05) is 4.72 Å². The highest BCUT2D eigenvalue weighted by Gasteiger charge is 2.23. The minimum Gasteiger partial charge on any atom is -0.478 e. The molecule has 0 aliphatic heterocycles. The molecule has 0 fully saturated rings. The summed E-state index contributed by atoms with van der Waals surface area (Å²) in [5.74, 6) is -2.49. The van der Waals surface area contributed by atoms with E-state index in [0.29, 0.717) is 6.07 Å². The number of carbonyl (C=O) groups is 1. The van der Waals surface area contributed by atoms with E-state index in [2.05, 4.69) is 5.10 Å². The van der Waals surface area contributed by atoms with E-state index in [0.717, 1.165) is 23.1 Å². The summed E-state index contributed by atoms with van der Waals surface area (Å²) < 4.78 is 65.8. The molecule has 1 aromatic carbocycles. The van der Waals surface area contributed by atoms with Gasteiger partial charge >= 0.3 is 5.97 Å². The minimum atomic E-state index is -4.33. The molecule has 0 atom stereocenters. The molecule has 7 nitrogen and oxygen atoms in total. The second kappa shape index (κ2) is 6.51. The van der Waals surface area contributed by atoms with Crippen LogP contribution in [-0.4, -0.2) is 35.7 Å². The molecular weight excluding hydrogens is 351 g/mol. The molecule has 0 amide bonds. The Labute approximate surface area is 134 Å². The van der Waals surface area contributed by atoms with E-state index in [9.17, 15) is 26.4 Å². The van der Waals surface area contributed by atoms with Crippen molar-refractivity contribution in [2.75, 3.05) is 4.72 Å². The number of carboxylic acids is 1. The van der Waals surface area contributed by atoms with Gasteiger partial charge in [-0.15, -0.1) is 0 Å². The average molecular weight is 363 g/mol. The summed E-state index contributed by atoms with van der Waals surface area (Å²) >= 11 is 0. The summed E-state index contributed by atoms with van der Waals surface area (Å²) in [7, 11) is -4.33. The summed E-state index contributed by atoms with van der Waals surface area (Å²) in [6.45, 7) is 0.458. The van der Waals surface area contributed by atoms with Crippen molar-refractivity contribution in [1.82, 2.24) is 9.78 Å². The molecule has 0 saturated heterocycles. The van der Waals surface area contributed by atoms with E-state index >= 15 is 0 Å². The van der Waals surface area contributed by atoms with Crippen LogP contribution in [-0.2, 0) is 16.6 Å². The van der Waals surface area contributed by atoms with E-state index in [-0.39, 0.29) is 11.3 Å². The van der Waals surface area contributed by atoms with Crippen LogP contribution in [0.3, 0.4) is 0 Å². The molecule has 130 valence electrons. The summed E-state index contributed by atoms with van der Waals surface area (Å²) in [5.41, 5.74) is -0.921. The maximum absolute atomic E-state index is 13.8. The van der Waals surface area contributed by atoms with Crippen molar-refractivity contribution in [2.24, 2.45) is 0 Å². The van der Waals surface area contributed by atoms with Gasteiger partial charge in [0, 0.05) is 11.8 Å². The number of halogens is 3. The molecule has 24 heavy (non-hydrogen) atoms. The third-order valence-electron chi connectivity index (χ3n) is 3.04. The van der Waals surface area contributed by atoms with Crippen molar-refractivity contribution in [3.05, 3.63) is 41.5 Å². The molecule has 0 radical (unpaired) electrons. The first-order valence-electron chi connectivity index (χ1n) is 6.47. The first kappa shape index (κ1) is 17.8. The zero-order chi connectivity index (χ0) is 18.1. The number of hydrogen-bond acceptors (Lipinski definition) is 4. The van der Waals surface area contributed by atoms with Crippen LogP contribution in [0, 0.1) is 12.7 Å². The SMILES string of the molecule is Cc1c(F)cc(C(=O)O)cc1S(=O)(=O)Nc1cnn(CC(F)F)c1. The number of carboxylic acid groups (broad SMARTS) is 1. The van der Waals surface area contributed by atoms with Gasteiger partial charge in [0.25, 0.3) is 16.4 Å².